The second kappa shape index (κ2) is 29.2. The number of tetrazole rings is 3. The van der Waals surface area contributed by atoms with Crippen molar-refractivity contribution in [1.29, 1.82) is 0 Å². The Hall–Kier alpha value is -8.13. The monoisotopic (exact) mass is 891 g/mol. The topological polar surface area (TPSA) is 373 Å². The Bertz CT molecular complexity index is 2340. The summed E-state index contributed by atoms with van der Waals surface area (Å²) in [5.74, 6) is 4.73. The van der Waals surface area contributed by atoms with Crippen molar-refractivity contribution in [2.75, 3.05) is 19.8 Å². The van der Waals surface area contributed by atoms with Crippen molar-refractivity contribution in [3.8, 4) is 5.75 Å². The summed E-state index contributed by atoms with van der Waals surface area (Å²) in [6.07, 6.45) is 1.61. The lowest BCUT2D eigenvalue weighted by molar-refractivity contribution is -0.117. The molecular weight excluding hydrogens is 835 g/mol. The van der Waals surface area contributed by atoms with Crippen LogP contribution in [0.4, 0.5) is 0 Å². The number of aromatic amines is 4. The van der Waals surface area contributed by atoms with Gasteiger partial charge in [-0.05, 0) is 102 Å². The summed E-state index contributed by atoms with van der Waals surface area (Å²) >= 11 is 0. The zero-order valence-corrected chi connectivity index (χ0v) is 38.2. The van der Waals surface area contributed by atoms with Gasteiger partial charge < -0.3 is 25.5 Å². The molecule has 9 rings (SSSR count). The molecular formula is C37H57N21O6. The fraction of sp³-hybridized carbons (Fsp3) is 0.432. The number of aryl methyl sites for hydroxylation is 9. The number of phenolic OH excluding ortho intramolecular Hbond substituents is 1. The van der Waals surface area contributed by atoms with Crippen molar-refractivity contribution < 1.29 is 23.9 Å². The highest BCUT2D eigenvalue weighted by molar-refractivity contribution is 6.39. The van der Waals surface area contributed by atoms with E-state index in [9.17, 15) is 19.2 Å². The number of carbonyl (C=O) groups excluding carboxylic acids is 3. The molecule has 0 atom stereocenters. The lowest BCUT2D eigenvalue weighted by Crippen LogP contribution is -2.20. The van der Waals surface area contributed by atoms with Gasteiger partial charge in [-0.1, -0.05) is 28.1 Å². The Morgan fingerprint density at radius 3 is 1.45 bits per heavy atom. The minimum Gasteiger partial charge on any atom is -0.508 e. The molecule has 3 amide bonds. The van der Waals surface area contributed by atoms with Gasteiger partial charge in [0, 0.05) is 45.6 Å². The van der Waals surface area contributed by atoms with Crippen LogP contribution in [0.25, 0.3) is 0 Å². The molecule has 3 aliphatic rings. The summed E-state index contributed by atoms with van der Waals surface area (Å²) in [5, 5.41) is 64.7. The molecule has 27 nitrogen and oxygen atoms in total. The molecule has 0 saturated carbocycles. The van der Waals surface area contributed by atoms with Gasteiger partial charge in [-0.3, -0.25) is 24.5 Å². The molecule has 8 N–H and O–H groups in total. The Morgan fingerprint density at radius 2 is 1.28 bits per heavy atom. The number of rotatable bonds is 0. The number of phenols is 1. The molecule has 0 radical (unpaired) electrons. The number of aromatic hydroxyl groups is 1. The van der Waals surface area contributed by atoms with E-state index in [-0.39, 0.29) is 23.4 Å². The number of H-pyrrole nitrogens is 4. The highest BCUT2D eigenvalue weighted by Gasteiger charge is 2.13. The molecule has 1 aromatic carbocycles. The summed E-state index contributed by atoms with van der Waals surface area (Å²) in [6, 6.07) is 5.56. The van der Waals surface area contributed by atoms with Crippen LogP contribution in [0.1, 0.15) is 73.9 Å². The predicted octanol–water partition coefficient (Wildman–Crippen LogP) is 0.686. The molecule has 5 aromatic heterocycles. The molecule has 8 heterocycles. The molecule has 6 aromatic rings. The Labute approximate surface area is 367 Å². The van der Waals surface area contributed by atoms with Crippen LogP contribution < -0.4 is 21.6 Å². The fourth-order valence-corrected chi connectivity index (χ4v) is 3.98. The fourth-order valence-electron chi connectivity index (χ4n) is 3.98. The maximum Gasteiger partial charge on any atom is 0.360 e. The van der Waals surface area contributed by atoms with Crippen LogP contribution in [-0.2, 0) is 21.4 Å². The summed E-state index contributed by atoms with van der Waals surface area (Å²) in [5.41, 5.74) is 5.57. The third-order valence-electron chi connectivity index (χ3n) is 7.51. The zero-order valence-electron chi connectivity index (χ0n) is 38.2. The lowest BCUT2D eigenvalue weighted by atomic mass is 10.1. The first-order valence-corrected chi connectivity index (χ1v) is 19.1. The zero-order chi connectivity index (χ0) is 48.2. The van der Waals surface area contributed by atoms with Crippen molar-refractivity contribution in [3.63, 3.8) is 0 Å². The number of aliphatic imine (C=N–C) groups is 1. The van der Waals surface area contributed by atoms with E-state index in [2.05, 4.69) is 103 Å². The molecule has 3 aliphatic heterocycles. The highest BCUT2D eigenvalue weighted by atomic mass is 16.4. The summed E-state index contributed by atoms with van der Waals surface area (Å²) in [4.78, 5) is 49.1. The van der Waals surface area contributed by atoms with Gasteiger partial charge in [-0.2, -0.15) is 20.2 Å². The average molecular weight is 892 g/mol. The number of nitrogens with zero attached hydrogens (tertiary/aromatic N) is 14. The van der Waals surface area contributed by atoms with Crippen LogP contribution in [0.2, 0.25) is 0 Å². The third-order valence-corrected chi connectivity index (χ3v) is 7.51. The van der Waals surface area contributed by atoms with Crippen molar-refractivity contribution in [2.45, 2.75) is 83.1 Å². The van der Waals surface area contributed by atoms with Gasteiger partial charge in [0.05, 0.1) is 5.71 Å². The quantitative estimate of drug-likeness (QED) is 0.104. The average Bonchev–Trinajstić information content (AvgIpc) is 4.14. The van der Waals surface area contributed by atoms with E-state index in [1.54, 1.807) is 46.8 Å². The van der Waals surface area contributed by atoms with E-state index in [1.807, 2.05) is 60.6 Å². The lowest BCUT2D eigenvalue weighted by Gasteiger charge is -1.97. The molecule has 0 unspecified atom stereocenters. The van der Waals surface area contributed by atoms with Gasteiger partial charge in [0.25, 0.3) is 5.91 Å². The summed E-state index contributed by atoms with van der Waals surface area (Å²) in [7, 11) is 1.52. The number of hydrogen-bond donors (Lipinski definition) is 8. The molecule has 0 saturated heterocycles. The smallest absolute Gasteiger partial charge is 0.360 e. The van der Waals surface area contributed by atoms with Gasteiger partial charge >= 0.3 is 5.69 Å². The standard InChI is InChI=1S/C8H10O.C6H9NO.C5H7NO.C4H7N3.2C4H6N2O.C2H4N4O.2C2H4N4/c1-6-3-4-8(9)7(2)5-6;1-4-3-7-6(8)5(4)2;1-4-2-5(7)6-3-4;1-3-5-4(2)7-6-3;1-3-4(7)6-2-5-3;1-3-5-6-4(2)7-3;1-6-2(7)3-4-5-6;2*1-2-3-5-6-4-2/h3-5,9H,1-2H3;3H2,1-2H3,(H,7,8);2H,3H2,1H3,(H,6,7);1-2H3,(H,5,6,7);2H2,1H3,(H,6,7);1-2H3;1H3,(H,3,5,7);2*1H3,(H,3,4,5,6). The van der Waals surface area contributed by atoms with Gasteiger partial charge in [-0.25, -0.2) is 14.9 Å². The molecule has 64 heavy (non-hydrogen) atoms. The van der Waals surface area contributed by atoms with Gasteiger partial charge in [0.2, 0.25) is 23.6 Å². The number of amides is 3. The summed E-state index contributed by atoms with van der Waals surface area (Å²) in [6.45, 7) is 24.1. The molecule has 0 aliphatic carbocycles. The van der Waals surface area contributed by atoms with Gasteiger partial charge in [0.15, 0.2) is 11.6 Å². The number of aromatic nitrogens is 17. The Morgan fingerprint density at radius 1 is 0.672 bits per heavy atom. The number of hydrogen-bond acceptors (Lipinski definition) is 19. The van der Waals surface area contributed by atoms with Crippen LogP contribution >= 0.6 is 0 Å². The van der Waals surface area contributed by atoms with Crippen molar-refractivity contribution >= 4 is 23.4 Å². The first kappa shape index (κ1) is 53.9. The Kier molecular flexibility index (Phi) is 24.6. The normalized spacial score (nSPS) is 12.7. The van der Waals surface area contributed by atoms with Crippen molar-refractivity contribution in [1.82, 2.24) is 103 Å². The van der Waals surface area contributed by atoms with Crippen molar-refractivity contribution in [3.05, 3.63) is 97.7 Å². The van der Waals surface area contributed by atoms with Gasteiger partial charge in [0.1, 0.15) is 24.1 Å². The third kappa shape index (κ3) is 24.2. The van der Waals surface area contributed by atoms with Crippen LogP contribution in [0.5, 0.6) is 5.75 Å². The van der Waals surface area contributed by atoms with E-state index in [0.717, 1.165) is 51.7 Å². The predicted molar refractivity (Wildman–Crippen MR) is 231 cm³/mol. The number of carbonyl (C=O) groups is 3. The highest BCUT2D eigenvalue weighted by Crippen LogP contribution is 2.15. The van der Waals surface area contributed by atoms with E-state index in [4.69, 9.17) is 9.52 Å². The molecule has 27 heteroatoms. The Balaban J connectivity index is 0.000000361. The van der Waals surface area contributed by atoms with E-state index in [0.29, 0.717) is 41.6 Å². The first-order valence-electron chi connectivity index (χ1n) is 19.1. The largest absolute Gasteiger partial charge is 0.508 e. The maximum absolute atomic E-state index is 10.6. The maximum atomic E-state index is 10.6. The minimum atomic E-state index is -0.292. The molecule has 0 bridgehead atoms. The second-order valence-corrected chi connectivity index (χ2v) is 13.4. The van der Waals surface area contributed by atoms with E-state index >= 15 is 0 Å². The van der Waals surface area contributed by atoms with Crippen molar-refractivity contribution in [2.24, 2.45) is 12.0 Å². The van der Waals surface area contributed by atoms with Gasteiger partial charge in [-0.15, -0.1) is 30.6 Å². The van der Waals surface area contributed by atoms with Crippen LogP contribution in [0.15, 0.2) is 55.2 Å². The minimum absolute atomic E-state index is 0.0394. The molecule has 346 valence electrons. The van der Waals surface area contributed by atoms with E-state index in [1.165, 1.54) is 12.6 Å². The van der Waals surface area contributed by atoms with Crippen LogP contribution in [-0.4, -0.2) is 135 Å². The van der Waals surface area contributed by atoms with Crippen LogP contribution in [0, 0.1) is 55.4 Å². The van der Waals surface area contributed by atoms with Crippen LogP contribution in [0.3, 0.4) is 0 Å². The SMILES string of the molecule is CC1=C(C)C(=O)NC1.CC1=CC(=O)NC1.CC1=NCNC1=O.Cc1ccc(O)c(C)c1.Cc1n[nH]c(C)n1.Cc1nn[nH]n1.Cc1nn[nH]n1.Cc1nnc(C)o1.Cn1nn[nH]c1=O. The van der Waals surface area contributed by atoms with E-state index < -0.39 is 0 Å². The number of benzene rings is 1. The second-order valence-electron chi connectivity index (χ2n) is 13.4. The molecule has 0 spiro atoms. The first-order chi connectivity index (χ1) is 30.2. The molecule has 0 fully saturated rings. The summed E-state index contributed by atoms with van der Waals surface area (Å²) < 4.78 is 5.97. The number of nitrogens with one attached hydrogen (secondary N) is 7.